The average Bonchev–Trinajstić information content (AvgIpc) is 3.53. The van der Waals surface area contributed by atoms with E-state index in [1.807, 2.05) is 0 Å². The molecule has 2 heterocycles. The molecule has 0 amide bonds. The summed E-state index contributed by atoms with van der Waals surface area (Å²) in [4.78, 5) is 53.6. The zero-order valence-electron chi connectivity index (χ0n) is 35.4. The summed E-state index contributed by atoms with van der Waals surface area (Å²) in [6.07, 6.45) is 4.23. The van der Waals surface area contributed by atoms with Crippen LogP contribution in [0, 0.1) is 0 Å². The monoisotopic (exact) mass is 992 g/mol. The molecule has 0 fully saturated rings. The van der Waals surface area contributed by atoms with Gasteiger partial charge in [0.2, 0.25) is 5.69 Å². The predicted molar refractivity (Wildman–Crippen MR) is 231 cm³/mol. The fourth-order valence-electron chi connectivity index (χ4n) is 7.77. The molecule has 0 unspecified atom stereocenters. The maximum absolute atomic E-state index is 13.7. The summed E-state index contributed by atoms with van der Waals surface area (Å²) in [7, 11) is -13.6. The van der Waals surface area contributed by atoms with E-state index in [9.17, 15) is 63.8 Å². The Morgan fingerprint density at radius 2 is 1.32 bits per heavy atom. The van der Waals surface area contributed by atoms with Crippen molar-refractivity contribution in [3.63, 3.8) is 0 Å². The zero-order chi connectivity index (χ0) is 48.7. The third-order valence-electron chi connectivity index (χ3n) is 10.4. The standard InChI is InChI=1S/C39H48N2O20S4/c1-38(2)30(40(12-6-17-63(49,50)51)28-22-24(34(42)43)20-26(32(28)38)36(46)58-14-8-16-62-61-60-48)10-5-11-31-39(3,4)33-27(37(47)59-15-9-19-65(55,56)57)21-25(35(44)45)23-29(33)41(31)13-7-18-64(52,53)54/h5,10-11,20-23H,6-9,12-19H2,1-4H3,(H5-,42,43,44,45,48,49,50,51,52,53,54,55,56,57). The summed E-state index contributed by atoms with van der Waals surface area (Å²) >= 11 is 0.728. The highest BCUT2D eigenvalue weighted by Crippen LogP contribution is 2.50. The van der Waals surface area contributed by atoms with Crippen LogP contribution in [0.25, 0.3) is 0 Å². The van der Waals surface area contributed by atoms with Gasteiger partial charge in [-0.05, 0) is 57.4 Å². The van der Waals surface area contributed by atoms with Crippen LogP contribution in [-0.4, -0.2) is 138 Å². The number of carboxylic acid groups (broad SMARTS) is 2. The van der Waals surface area contributed by atoms with Gasteiger partial charge in [-0.15, -0.1) is 4.33 Å². The van der Waals surface area contributed by atoms with Crippen molar-refractivity contribution >= 4 is 83.4 Å². The molecule has 2 aliphatic rings. The summed E-state index contributed by atoms with van der Waals surface area (Å²) in [5.74, 6) is -6.75. The Morgan fingerprint density at radius 1 is 0.769 bits per heavy atom. The Hall–Kier alpha value is -4.77. The highest BCUT2D eigenvalue weighted by atomic mass is 32.2. The predicted octanol–water partition coefficient (Wildman–Crippen LogP) is 3.96. The maximum Gasteiger partial charge on any atom is 0.338 e. The van der Waals surface area contributed by atoms with Crippen molar-refractivity contribution in [2.75, 3.05) is 54.2 Å². The van der Waals surface area contributed by atoms with Crippen LogP contribution >= 0.6 is 12.0 Å². The van der Waals surface area contributed by atoms with Crippen molar-refractivity contribution in [2.45, 2.75) is 64.2 Å². The zero-order valence-corrected chi connectivity index (χ0v) is 38.7. The van der Waals surface area contributed by atoms with Crippen molar-refractivity contribution in [1.29, 1.82) is 0 Å². The molecule has 0 atom stereocenters. The van der Waals surface area contributed by atoms with Gasteiger partial charge in [0, 0.05) is 71.0 Å². The third kappa shape index (κ3) is 13.6. The first-order chi connectivity index (χ1) is 30.1. The van der Waals surface area contributed by atoms with Gasteiger partial charge in [0.05, 0.1) is 68.1 Å². The second-order valence-corrected chi connectivity index (χ2v) is 21.2. The van der Waals surface area contributed by atoms with Crippen LogP contribution in [0.2, 0.25) is 0 Å². The first-order valence-corrected chi connectivity index (χ1v) is 25.2. The van der Waals surface area contributed by atoms with Crippen LogP contribution in [0.1, 0.15) is 106 Å². The largest absolute Gasteiger partial charge is 0.748 e. The molecule has 0 radical (unpaired) electrons. The molecule has 0 bridgehead atoms. The van der Waals surface area contributed by atoms with E-state index in [-0.39, 0.29) is 90.3 Å². The number of hydrogen-bond acceptors (Lipinski definition) is 18. The molecular weight excluding hydrogens is 945 g/mol. The van der Waals surface area contributed by atoms with Crippen LogP contribution < -0.4 is 4.90 Å². The van der Waals surface area contributed by atoms with Crippen molar-refractivity contribution in [3.05, 3.63) is 81.6 Å². The molecule has 0 saturated heterocycles. The molecule has 0 aromatic heterocycles. The van der Waals surface area contributed by atoms with Gasteiger partial charge in [-0.3, -0.25) is 9.11 Å². The minimum atomic E-state index is -4.70. The molecule has 2 aromatic carbocycles. The molecule has 0 spiro atoms. The van der Waals surface area contributed by atoms with Crippen LogP contribution in [0.15, 0.2) is 48.2 Å². The Morgan fingerprint density at radius 3 is 1.88 bits per heavy atom. The van der Waals surface area contributed by atoms with E-state index in [4.69, 9.17) is 19.3 Å². The number of anilines is 1. The highest BCUT2D eigenvalue weighted by Gasteiger charge is 2.48. The molecule has 2 aliphatic heterocycles. The van der Waals surface area contributed by atoms with Crippen molar-refractivity contribution < 1.29 is 97.0 Å². The van der Waals surface area contributed by atoms with Crippen LogP contribution in [-0.2, 0) is 60.0 Å². The Kier molecular flexibility index (Phi) is 17.3. The number of allylic oxidation sites excluding steroid dienone is 4. The first kappa shape index (κ1) is 52.9. The number of carboxylic acids is 2. The number of carbonyl (C=O) groups excluding carboxylic acids is 2. The molecule has 5 N–H and O–H groups in total. The molecule has 2 aromatic rings. The third-order valence-corrected chi connectivity index (χ3v) is 13.4. The first-order valence-electron chi connectivity index (χ1n) is 19.5. The number of ether oxygens (including phenoxy) is 2. The van der Waals surface area contributed by atoms with Crippen molar-refractivity contribution in [3.8, 4) is 0 Å². The number of carbonyl (C=O) groups is 4. The Balaban J connectivity index is 1.89. The second kappa shape index (κ2) is 21.2. The van der Waals surface area contributed by atoms with E-state index >= 15 is 0 Å². The molecule has 358 valence electrons. The van der Waals surface area contributed by atoms with E-state index in [0.717, 1.165) is 24.2 Å². The lowest BCUT2D eigenvalue weighted by Crippen LogP contribution is -2.30. The fraction of sp³-hybridized carbons (Fsp3) is 0.462. The topological polar surface area (TPSA) is 338 Å². The number of aromatic carboxylic acids is 2. The molecule has 22 nitrogen and oxygen atoms in total. The number of nitrogens with zero attached hydrogens (tertiary/aromatic N) is 2. The number of esters is 2. The lowest BCUT2D eigenvalue weighted by atomic mass is 9.78. The molecule has 0 saturated carbocycles. The smallest absolute Gasteiger partial charge is 0.338 e. The van der Waals surface area contributed by atoms with Gasteiger partial charge in [-0.1, -0.05) is 25.0 Å². The van der Waals surface area contributed by atoms with E-state index in [0.29, 0.717) is 17.0 Å². The number of fused-ring (bicyclic) bond motifs is 2. The molecule has 0 aliphatic carbocycles. The van der Waals surface area contributed by atoms with Crippen LogP contribution in [0.5, 0.6) is 0 Å². The van der Waals surface area contributed by atoms with Crippen LogP contribution in [0.3, 0.4) is 0 Å². The Labute approximate surface area is 378 Å². The second-order valence-electron chi connectivity index (χ2n) is 15.8. The summed E-state index contributed by atoms with van der Waals surface area (Å²) in [5.41, 5.74) is -1.74. The SMILES string of the molecule is CC1(C)C(/C=C/C=C2/N(CCCS(=O)(=O)O)c3cc(C(=O)O)cc(C(=O)OCCCS(=O)(=O)O)c3C2(C)C)=[N+](CCCS(=O)(=O)[O-])c2cc(C(=O)O)cc(C(=O)OCCCSOOO)c21. The van der Waals surface area contributed by atoms with E-state index in [1.54, 1.807) is 49.3 Å². The van der Waals surface area contributed by atoms with Gasteiger partial charge >= 0.3 is 23.9 Å². The van der Waals surface area contributed by atoms with E-state index in [2.05, 4.69) is 9.37 Å². The lowest BCUT2D eigenvalue weighted by molar-refractivity contribution is -0.437. The number of benzene rings is 2. The molecule has 65 heavy (non-hydrogen) atoms. The van der Waals surface area contributed by atoms with E-state index in [1.165, 1.54) is 18.2 Å². The van der Waals surface area contributed by atoms with Gasteiger partial charge in [-0.2, -0.15) is 21.4 Å². The van der Waals surface area contributed by atoms with Crippen molar-refractivity contribution in [2.24, 2.45) is 0 Å². The summed E-state index contributed by atoms with van der Waals surface area (Å²) in [5, 5.41) is 32.0. The molecular formula is C39H48N2O20S4. The Bertz CT molecular complexity index is 2640. The molecule has 4 rings (SSSR count). The van der Waals surface area contributed by atoms with Gasteiger partial charge in [0.25, 0.3) is 20.2 Å². The van der Waals surface area contributed by atoms with Crippen molar-refractivity contribution in [1.82, 2.24) is 0 Å². The quantitative estimate of drug-likeness (QED) is 0.0189. The minimum absolute atomic E-state index is 0.125. The summed E-state index contributed by atoms with van der Waals surface area (Å²) < 4.78 is 116. The summed E-state index contributed by atoms with van der Waals surface area (Å²) in [6, 6.07) is 4.77. The van der Waals surface area contributed by atoms with E-state index < -0.39 is 88.9 Å². The van der Waals surface area contributed by atoms with Gasteiger partial charge in [0.1, 0.15) is 6.54 Å². The average molecular weight is 993 g/mol. The van der Waals surface area contributed by atoms with Gasteiger partial charge < -0.3 is 29.1 Å². The maximum atomic E-state index is 13.7. The summed E-state index contributed by atoms with van der Waals surface area (Å²) in [6.45, 7) is 5.87. The lowest BCUT2D eigenvalue weighted by Gasteiger charge is -2.27. The van der Waals surface area contributed by atoms with Gasteiger partial charge in [-0.25, -0.2) is 32.9 Å². The van der Waals surface area contributed by atoms with Gasteiger partial charge in [0.15, 0.2) is 5.71 Å². The molecule has 26 heteroatoms. The number of hydrogen-bond donors (Lipinski definition) is 5. The number of rotatable bonds is 24. The minimum Gasteiger partial charge on any atom is -0.748 e. The normalized spacial score (nSPS) is 16.2. The highest BCUT2D eigenvalue weighted by molar-refractivity contribution is 7.94. The fourth-order valence-corrected chi connectivity index (χ4v) is 9.57. The van der Waals surface area contributed by atoms with Crippen LogP contribution in [0.4, 0.5) is 11.4 Å².